The number of hydrogen-bond acceptors (Lipinski definition) is 5. The molecule has 0 fully saturated rings. The molecule has 0 spiro atoms. The highest BCUT2D eigenvalue weighted by Crippen LogP contribution is 2.42. The molecular formula is C21H16F2N4O2S. The van der Waals surface area contributed by atoms with Crippen LogP contribution in [0.4, 0.5) is 14.6 Å². The van der Waals surface area contributed by atoms with Crippen molar-refractivity contribution >= 4 is 33.3 Å². The summed E-state index contributed by atoms with van der Waals surface area (Å²) in [5, 5.41) is 7.89. The third-order valence-corrected chi connectivity index (χ3v) is 6.21. The van der Waals surface area contributed by atoms with Crippen molar-refractivity contribution in [2.75, 3.05) is 12.4 Å². The van der Waals surface area contributed by atoms with Crippen molar-refractivity contribution in [2.45, 2.75) is 19.3 Å². The molecule has 3 heterocycles. The Morgan fingerprint density at radius 1 is 1.20 bits per heavy atom. The molecule has 0 saturated heterocycles. The number of carbonyl (C=O) groups is 1. The largest absolute Gasteiger partial charge is 0.497 e. The van der Waals surface area contributed by atoms with E-state index >= 15 is 0 Å². The molecule has 1 aliphatic heterocycles. The van der Waals surface area contributed by atoms with E-state index in [4.69, 9.17) is 4.74 Å². The zero-order chi connectivity index (χ0) is 21.0. The van der Waals surface area contributed by atoms with E-state index in [1.165, 1.54) is 34.2 Å². The summed E-state index contributed by atoms with van der Waals surface area (Å²) in [5.41, 5.74) is 1.81. The highest BCUT2D eigenvalue weighted by atomic mass is 32.1. The first-order valence-corrected chi connectivity index (χ1v) is 10.1. The Morgan fingerprint density at radius 2 is 1.97 bits per heavy atom. The maximum atomic E-state index is 14.5. The van der Waals surface area contributed by atoms with Crippen LogP contribution < -0.4 is 10.1 Å². The molecule has 0 aliphatic carbocycles. The summed E-state index contributed by atoms with van der Waals surface area (Å²) in [6, 6.07) is 9.23. The van der Waals surface area contributed by atoms with Gasteiger partial charge in [0.25, 0.3) is 0 Å². The summed E-state index contributed by atoms with van der Waals surface area (Å²) in [6.07, 6.45) is -0.0611. The fraction of sp³-hybridized carbons (Fsp3) is 0.190. The average molecular weight is 426 g/mol. The van der Waals surface area contributed by atoms with Gasteiger partial charge in [-0.2, -0.15) is 9.78 Å². The fourth-order valence-electron chi connectivity index (χ4n) is 3.89. The Hall–Kier alpha value is -3.33. The molecule has 0 unspecified atom stereocenters. The number of amides is 1. The number of ether oxygens (including phenoxy) is 1. The third-order valence-electron chi connectivity index (χ3n) is 5.22. The molecular weight excluding hydrogens is 410 g/mol. The number of benzene rings is 2. The number of nitrogens with zero attached hydrogens (tertiary/aromatic N) is 3. The van der Waals surface area contributed by atoms with Gasteiger partial charge in [-0.05, 0) is 37.3 Å². The molecule has 9 heteroatoms. The normalized spacial score (nSPS) is 15.9. The van der Waals surface area contributed by atoms with E-state index in [-0.39, 0.29) is 17.9 Å². The predicted molar refractivity (Wildman–Crippen MR) is 109 cm³/mol. The topological polar surface area (TPSA) is 69.0 Å². The van der Waals surface area contributed by atoms with Crippen molar-refractivity contribution in [3.8, 4) is 10.9 Å². The second-order valence-electron chi connectivity index (χ2n) is 7.03. The van der Waals surface area contributed by atoms with Crippen LogP contribution in [0.25, 0.3) is 15.3 Å². The summed E-state index contributed by atoms with van der Waals surface area (Å²) in [6.45, 7) is 1.76. The molecule has 0 saturated carbocycles. The summed E-state index contributed by atoms with van der Waals surface area (Å²) in [5.74, 6) is -1.36. The summed E-state index contributed by atoms with van der Waals surface area (Å²) in [7, 11) is 1.59. The molecule has 0 bridgehead atoms. The lowest BCUT2D eigenvalue weighted by molar-refractivity contribution is -0.116. The molecule has 6 nitrogen and oxygen atoms in total. The minimum atomic E-state index is -0.766. The van der Waals surface area contributed by atoms with Gasteiger partial charge in [0.15, 0.2) is 0 Å². The molecule has 4 aromatic rings. The van der Waals surface area contributed by atoms with E-state index in [1.807, 2.05) is 18.2 Å². The first-order chi connectivity index (χ1) is 14.5. The molecule has 5 rings (SSSR count). The maximum absolute atomic E-state index is 14.5. The molecule has 2 aromatic heterocycles. The van der Waals surface area contributed by atoms with Crippen LogP contribution in [0.1, 0.15) is 29.2 Å². The molecule has 1 amide bonds. The van der Waals surface area contributed by atoms with Gasteiger partial charge in [0.2, 0.25) is 11.0 Å². The number of aryl methyl sites for hydroxylation is 1. The number of thiazole rings is 1. The fourth-order valence-corrected chi connectivity index (χ4v) is 4.84. The summed E-state index contributed by atoms with van der Waals surface area (Å²) >= 11 is 1.38. The van der Waals surface area contributed by atoms with Crippen molar-refractivity contribution < 1.29 is 18.3 Å². The van der Waals surface area contributed by atoms with E-state index in [1.54, 1.807) is 14.0 Å². The van der Waals surface area contributed by atoms with Crippen LogP contribution in [0.15, 0.2) is 36.4 Å². The number of nitrogens with one attached hydrogen (secondary N) is 1. The lowest BCUT2D eigenvalue weighted by atomic mass is 9.85. The van der Waals surface area contributed by atoms with E-state index in [0.29, 0.717) is 28.0 Å². The number of anilines is 1. The molecule has 1 N–H and O–H groups in total. The van der Waals surface area contributed by atoms with Gasteiger partial charge in [0, 0.05) is 23.5 Å². The Kier molecular flexibility index (Phi) is 4.28. The quantitative estimate of drug-likeness (QED) is 0.522. The van der Waals surface area contributed by atoms with E-state index < -0.39 is 17.6 Å². The molecule has 152 valence electrons. The molecule has 1 atom stereocenters. The number of carbonyl (C=O) groups excluding carboxylic acids is 1. The molecule has 0 radical (unpaired) electrons. The zero-order valence-electron chi connectivity index (χ0n) is 16.1. The van der Waals surface area contributed by atoms with Crippen molar-refractivity contribution in [3.63, 3.8) is 0 Å². The number of fused-ring (bicyclic) bond motifs is 2. The van der Waals surface area contributed by atoms with Crippen molar-refractivity contribution in [1.29, 1.82) is 0 Å². The smallest absolute Gasteiger partial charge is 0.226 e. The van der Waals surface area contributed by atoms with Crippen molar-refractivity contribution in [2.24, 2.45) is 0 Å². The van der Waals surface area contributed by atoms with E-state index in [9.17, 15) is 13.6 Å². The van der Waals surface area contributed by atoms with Gasteiger partial charge in [0.05, 0.1) is 23.0 Å². The van der Waals surface area contributed by atoms with Gasteiger partial charge < -0.3 is 10.1 Å². The van der Waals surface area contributed by atoms with Gasteiger partial charge in [-0.1, -0.05) is 17.4 Å². The number of aromatic nitrogens is 3. The highest BCUT2D eigenvalue weighted by Gasteiger charge is 2.36. The van der Waals surface area contributed by atoms with Gasteiger partial charge in [-0.25, -0.2) is 13.8 Å². The van der Waals surface area contributed by atoms with Gasteiger partial charge in [-0.3, -0.25) is 4.79 Å². The standard InChI is InChI=1S/C21H16F2N4O2S/c1-10-18-12(19-13(22)4-3-5-14(19)23)9-17(28)25-20(18)27(26-10)21-24-15-7-6-11(29-2)8-16(15)30-21/h3-8,12H,9H2,1-2H3,(H,25,28)/t12-/m0/s1. The summed E-state index contributed by atoms with van der Waals surface area (Å²) in [4.78, 5) is 17.1. The Labute approximate surface area is 174 Å². The average Bonchev–Trinajstić information content (AvgIpc) is 3.27. The number of hydrogen-bond donors (Lipinski definition) is 1. The van der Waals surface area contributed by atoms with Gasteiger partial charge in [0.1, 0.15) is 23.2 Å². The maximum Gasteiger partial charge on any atom is 0.226 e. The van der Waals surface area contributed by atoms with Crippen LogP contribution in [0.3, 0.4) is 0 Å². The number of methoxy groups -OCH3 is 1. The Bertz CT molecular complexity index is 1290. The molecule has 1 aliphatic rings. The number of rotatable bonds is 3. The lowest BCUT2D eigenvalue weighted by Crippen LogP contribution is -2.26. The van der Waals surface area contributed by atoms with E-state index in [0.717, 1.165) is 10.2 Å². The van der Waals surface area contributed by atoms with Crippen LogP contribution >= 0.6 is 11.3 Å². The summed E-state index contributed by atoms with van der Waals surface area (Å²) < 4.78 is 36.7. The first-order valence-electron chi connectivity index (χ1n) is 9.24. The van der Waals surface area contributed by atoms with Crippen LogP contribution in [0.2, 0.25) is 0 Å². The minimum absolute atomic E-state index is 0.0611. The highest BCUT2D eigenvalue weighted by molar-refractivity contribution is 7.20. The second-order valence-corrected chi connectivity index (χ2v) is 8.04. The van der Waals surface area contributed by atoms with E-state index in [2.05, 4.69) is 15.4 Å². The molecule has 2 aromatic carbocycles. The third kappa shape index (κ3) is 2.85. The molecule has 30 heavy (non-hydrogen) atoms. The monoisotopic (exact) mass is 426 g/mol. The predicted octanol–water partition coefficient (Wildman–Crippen LogP) is 4.55. The first kappa shape index (κ1) is 18.7. The lowest BCUT2D eigenvalue weighted by Gasteiger charge is -2.24. The number of halogens is 2. The SMILES string of the molecule is COc1ccc2nc(-n3nc(C)c4c3NC(=O)C[C@@H]4c3c(F)cccc3F)sc2c1. The van der Waals surface area contributed by atoms with Crippen molar-refractivity contribution in [3.05, 3.63) is 64.9 Å². The van der Waals surface area contributed by atoms with Crippen LogP contribution in [0.5, 0.6) is 5.75 Å². The second kappa shape index (κ2) is 6.88. The zero-order valence-corrected chi connectivity index (χ0v) is 16.9. The van der Waals surface area contributed by atoms with Crippen LogP contribution in [0, 0.1) is 18.6 Å². The Morgan fingerprint density at radius 3 is 2.70 bits per heavy atom. The van der Waals surface area contributed by atoms with Crippen LogP contribution in [-0.4, -0.2) is 27.8 Å². The minimum Gasteiger partial charge on any atom is -0.497 e. The van der Waals surface area contributed by atoms with Crippen molar-refractivity contribution in [1.82, 2.24) is 14.8 Å². The van der Waals surface area contributed by atoms with Gasteiger partial charge in [-0.15, -0.1) is 0 Å². The van der Waals surface area contributed by atoms with Crippen LogP contribution in [-0.2, 0) is 4.79 Å². The van der Waals surface area contributed by atoms with Gasteiger partial charge >= 0.3 is 0 Å². The Balaban J connectivity index is 1.69.